The molecule has 0 radical (unpaired) electrons. The molecule has 0 saturated carbocycles. The van der Waals surface area contributed by atoms with Crippen LogP contribution < -0.4 is 19.1 Å². The maximum atomic E-state index is 14.2. The number of hydrogen-bond acceptors (Lipinski definition) is 6. The summed E-state index contributed by atoms with van der Waals surface area (Å²) in [5.41, 5.74) is 3.02. The SMILES string of the molecule is CCCCNC(=O)[C@H](CC)N(Cc1ccc(C)cc1)C(=O)CN(c1ccc(OC)c(OC)c1)S(=O)(=O)c1ccc(C)cc1. The van der Waals surface area contributed by atoms with Crippen LogP contribution in [0.15, 0.2) is 71.6 Å². The molecule has 0 aliphatic rings. The second kappa shape index (κ2) is 15.4. The van der Waals surface area contributed by atoms with Gasteiger partial charge in [-0.15, -0.1) is 0 Å². The zero-order valence-electron chi connectivity index (χ0n) is 25.9. The Kier molecular flexibility index (Phi) is 12.0. The molecule has 0 bridgehead atoms. The molecule has 3 aromatic rings. The molecule has 0 aliphatic carbocycles. The van der Waals surface area contributed by atoms with E-state index in [0.29, 0.717) is 24.5 Å². The molecule has 2 amide bonds. The third kappa shape index (κ3) is 8.50. The lowest BCUT2D eigenvalue weighted by Gasteiger charge is -2.33. The van der Waals surface area contributed by atoms with Gasteiger partial charge in [0.15, 0.2) is 11.5 Å². The van der Waals surface area contributed by atoms with E-state index in [1.165, 1.54) is 37.3 Å². The van der Waals surface area contributed by atoms with Crippen LogP contribution >= 0.6 is 0 Å². The number of unbranched alkanes of at least 4 members (excludes halogenated alkanes) is 1. The Hall–Kier alpha value is -4.05. The molecule has 3 aromatic carbocycles. The zero-order chi connectivity index (χ0) is 31.6. The molecule has 1 atom stereocenters. The first-order chi connectivity index (χ1) is 20.5. The molecule has 0 aromatic heterocycles. The van der Waals surface area contributed by atoms with E-state index in [0.717, 1.165) is 33.8 Å². The quantitative estimate of drug-likeness (QED) is 0.236. The number of ether oxygens (including phenoxy) is 2. The first-order valence-corrected chi connectivity index (χ1v) is 15.9. The smallest absolute Gasteiger partial charge is 0.264 e. The molecule has 0 spiro atoms. The standard InChI is InChI=1S/C33H43N3O6S/c1-7-9-20-34-33(38)29(8-2)35(22-26-14-10-24(3)11-15-26)32(37)23-36(27-16-19-30(41-5)31(21-27)42-6)43(39,40)28-17-12-25(4)13-18-28/h10-19,21,29H,7-9,20,22-23H2,1-6H3,(H,34,38)/t29-/m0/s1. The summed E-state index contributed by atoms with van der Waals surface area (Å²) < 4.78 is 40.1. The average molecular weight is 610 g/mol. The first-order valence-electron chi connectivity index (χ1n) is 14.5. The average Bonchev–Trinajstić information content (AvgIpc) is 3.00. The van der Waals surface area contributed by atoms with Crippen LogP contribution in [0.25, 0.3) is 0 Å². The van der Waals surface area contributed by atoms with Gasteiger partial charge in [-0.1, -0.05) is 67.8 Å². The minimum Gasteiger partial charge on any atom is -0.493 e. The van der Waals surface area contributed by atoms with E-state index in [9.17, 15) is 18.0 Å². The summed E-state index contributed by atoms with van der Waals surface area (Å²) in [6.45, 7) is 7.82. The van der Waals surface area contributed by atoms with Crippen LogP contribution in [-0.4, -0.2) is 58.5 Å². The Labute approximate surface area is 255 Å². The van der Waals surface area contributed by atoms with Crippen LogP contribution in [0.2, 0.25) is 0 Å². The van der Waals surface area contributed by atoms with Crippen LogP contribution in [0.4, 0.5) is 5.69 Å². The molecule has 43 heavy (non-hydrogen) atoms. The largest absolute Gasteiger partial charge is 0.493 e. The summed E-state index contributed by atoms with van der Waals surface area (Å²) in [5.74, 6) is -0.0464. The number of methoxy groups -OCH3 is 2. The van der Waals surface area contributed by atoms with Gasteiger partial charge >= 0.3 is 0 Å². The van der Waals surface area contributed by atoms with Crippen molar-refractivity contribution in [2.24, 2.45) is 0 Å². The van der Waals surface area contributed by atoms with Gasteiger partial charge in [-0.05, 0) is 56.5 Å². The van der Waals surface area contributed by atoms with E-state index < -0.39 is 28.5 Å². The van der Waals surface area contributed by atoms with Gasteiger partial charge < -0.3 is 19.7 Å². The van der Waals surface area contributed by atoms with Crippen molar-refractivity contribution >= 4 is 27.5 Å². The van der Waals surface area contributed by atoms with Crippen LogP contribution in [0.1, 0.15) is 49.8 Å². The number of amides is 2. The van der Waals surface area contributed by atoms with Gasteiger partial charge in [0.05, 0.1) is 24.8 Å². The van der Waals surface area contributed by atoms with Crippen LogP contribution in [-0.2, 0) is 26.2 Å². The van der Waals surface area contributed by atoms with Crippen molar-refractivity contribution in [2.45, 2.75) is 64.4 Å². The van der Waals surface area contributed by atoms with Gasteiger partial charge in [-0.2, -0.15) is 0 Å². The number of rotatable bonds is 15. The van der Waals surface area contributed by atoms with Crippen molar-refractivity contribution in [2.75, 3.05) is 31.6 Å². The number of anilines is 1. The molecule has 10 heteroatoms. The highest BCUT2D eigenvalue weighted by Gasteiger charge is 2.34. The summed E-state index contributed by atoms with van der Waals surface area (Å²) >= 11 is 0. The van der Waals surface area contributed by atoms with Gasteiger partial charge in [-0.3, -0.25) is 13.9 Å². The summed E-state index contributed by atoms with van der Waals surface area (Å²) in [5, 5.41) is 2.94. The third-order valence-electron chi connectivity index (χ3n) is 7.23. The van der Waals surface area contributed by atoms with Gasteiger partial charge in [0.25, 0.3) is 10.0 Å². The number of nitrogens with zero attached hydrogens (tertiary/aromatic N) is 2. The molecule has 1 N–H and O–H groups in total. The highest BCUT2D eigenvalue weighted by atomic mass is 32.2. The van der Waals surface area contributed by atoms with Gasteiger partial charge in [-0.25, -0.2) is 8.42 Å². The fourth-order valence-corrected chi connectivity index (χ4v) is 6.07. The van der Waals surface area contributed by atoms with Crippen molar-refractivity contribution in [3.05, 3.63) is 83.4 Å². The Bertz CT molecular complexity index is 1470. The number of hydrogen-bond donors (Lipinski definition) is 1. The van der Waals surface area contributed by atoms with E-state index in [4.69, 9.17) is 9.47 Å². The van der Waals surface area contributed by atoms with Gasteiger partial charge in [0.1, 0.15) is 12.6 Å². The van der Waals surface area contributed by atoms with Gasteiger partial charge in [0.2, 0.25) is 11.8 Å². The number of carbonyl (C=O) groups excluding carboxylic acids is 2. The Balaban J connectivity index is 2.09. The Morgan fingerprint density at radius 1 is 0.860 bits per heavy atom. The Morgan fingerprint density at radius 3 is 2.02 bits per heavy atom. The third-order valence-corrected chi connectivity index (χ3v) is 9.02. The summed E-state index contributed by atoms with van der Waals surface area (Å²) in [6.07, 6.45) is 2.09. The molecule has 232 valence electrons. The maximum Gasteiger partial charge on any atom is 0.264 e. The van der Waals surface area contributed by atoms with E-state index in [1.54, 1.807) is 24.3 Å². The zero-order valence-corrected chi connectivity index (χ0v) is 26.7. The van der Waals surface area contributed by atoms with Gasteiger partial charge in [0, 0.05) is 19.2 Å². The number of carbonyl (C=O) groups is 2. The van der Waals surface area contributed by atoms with E-state index in [2.05, 4.69) is 5.32 Å². The van der Waals surface area contributed by atoms with Crippen molar-refractivity contribution in [3.8, 4) is 11.5 Å². The topological polar surface area (TPSA) is 105 Å². The summed E-state index contributed by atoms with van der Waals surface area (Å²) in [7, 11) is -1.26. The molecule has 0 unspecified atom stereocenters. The normalized spacial score (nSPS) is 11.9. The second-order valence-corrected chi connectivity index (χ2v) is 12.3. The molecular weight excluding hydrogens is 566 g/mol. The van der Waals surface area contributed by atoms with Crippen molar-refractivity contribution < 1.29 is 27.5 Å². The molecule has 9 nitrogen and oxygen atoms in total. The lowest BCUT2D eigenvalue weighted by Crippen LogP contribution is -2.52. The van der Waals surface area contributed by atoms with Crippen molar-refractivity contribution in [1.29, 1.82) is 0 Å². The molecule has 0 fully saturated rings. The van der Waals surface area contributed by atoms with E-state index >= 15 is 0 Å². The molecular formula is C33H43N3O6S. The number of nitrogens with one attached hydrogen (secondary N) is 1. The predicted octanol–water partition coefficient (Wildman–Crippen LogP) is 5.24. The van der Waals surface area contributed by atoms with E-state index in [-0.39, 0.29) is 23.0 Å². The fourth-order valence-electron chi connectivity index (χ4n) is 4.66. The van der Waals surface area contributed by atoms with Crippen molar-refractivity contribution in [3.63, 3.8) is 0 Å². The number of benzene rings is 3. The highest BCUT2D eigenvalue weighted by Crippen LogP contribution is 2.34. The molecule has 3 rings (SSSR count). The van der Waals surface area contributed by atoms with Crippen molar-refractivity contribution in [1.82, 2.24) is 10.2 Å². The fraction of sp³-hybridized carbons (Fsp3) is 0.394. The monoisotopic (exact) mass is 609 g/mol. The summed E-state index contributed by atoms with van der Waals surface area (Å²) in [4.78, 5) is 29.1. The predicted molar refractivity (Wildman–Crippen MR) is 169 cm³/mol. The van der Waals surface area contributed by atoms with Crippen LogP contribution in [0.5, 0.6) is 11.5 Å². The number of aryl methyl sites for hydroxylation is 2. The summed E-state index contributed by atoms with van der Waals surface area (Å²) in [6, 6.07) is 18.0. The minimum atomic E-state index is -4.20. The maximum absolute atomic E-state index is 14.2. The molecule has 0 aliphatic heterocycles. The molecule has 0 heterocycles. The molecule has 0 saturated heterocycles. The number of sulfonamides is 1. The highest BCUT2D eigenvalue weighted by molar-refractivity contribution is 7.92. The minimum absolute atomic E-state index is 0.0371. The van der Waals surface area contributed by atoms with Crippen LogP contribution in [0.3, 0.4) is 0 Å². The van der Waals surface area contributed by atoms with E-state index in [1.807, 2.05) is 52.0 Å². The first kappa shape index (κ1) is 33.5. The lowest BCUT2D eigenvalue weighted by molar-refractivity contribution is -0.140. The Morgan fingerprint density at radius 2 is 1.47 bits per heavy atom. The lowest BCUT2D eigenvalue weighted by atomic mass is 10.1. The second-order valence-electron chi connectivity index (χ2n) is 10.4. The van der Waals surface area contributed by atoms with Crippen LogP contribution in [0, 0.1) is 13.8 Å².